The van der Waals surface area contributed by atoms with Gasteiger partial charge in [-0.2, -0.15) is 0 Å². The summed E-state index contributed by atoms with van der Waals surface area (Å²) in [6, 6.07) is 13.9. The number of nitrogen functional groups attached to an aromatic ring is 1. The molecule has 0 aliphatic rings. The van der Waals surface area contributed by atoms with E-state index in [9.17, 15) is 0 Å². The van der Waals surface area contributed by atoms with E-state index in [1.807, 2.05) is 12.1 Å². The van der Waals surface area contributed by atoms with Crippen LogP contribution in [0.3, 0.4) is 0 Å². The Bertz CT molecular complexity index is 438. The minimum Gasteiger partial charge on any atom is -0.384 e. The number of aryl methyl sites for hydroxylation is 1. The molecule has 15 heavy (non-hydrogen) atoms. The molecule has 78 valence electrons. The van der Waals surface area contributed by atoms with Gasteiger partial charge in [0.2, 0.25) is 0 Å². The lowest BCUT2D eigenvalue weighted by Gasteiger charge is -2.01. The summed E-state index contributed by atoms with van der Waals surface area (Å²) in [5.41, 5.74) is 8.88. The molecule has 0 unspecified atom stereocenters. The van der Waals surface area contributed by atoms with Crippen molar-refractivity contribution < 1.29 is 0 Å². The number of rotatable bonds is 1. The molecule has 0 aliphatic heterocycles. The molecular weight excluding hydrogens is 208 g/mol. The first-order chi connectivity index (χ1) is 6.75. The fourth-order valence-electron chi connectivity index (χ4n) is 1.34. The number of hydrogen-bond acceptors (Lipinski definition) is 2. The van der Waals surface area contributed by atoms with Crippen LogP contribution >= 0.6 is 12.4 Å². The van der Waals surface area contributed by atoms with E-state index in [0.717, 1.165) is 11.3 Å². The van der Waals surface area contributed by atoms with E-state index in [1.54, 1.807) is 6.07 Å². The Kier molecular flexibility index (Phi) is 3.69. The van der Waals surface area contributed by atoms with Gasteiger partial charge >= 0.3 is 0 Å². The smallest absolute Gasteiger partial charge is 0.124 e. The van der Waals surface area contributed by atoms with E-state index in [-0.39, 0.29) is 12.4 Å². The predicted octanol–water partition coefficient (Wildman–Crippen LogP) is 3.06. The molecule has 0 atom stereocenters. The highest BCUT2D eigenvalue weighted by Gasteiger charge is 1.98. The molecule has 0 bridgehead atoms. The molecule has 2 nitrogen and oxygen atoms in total. The number of halogens is 1. The van der Waals surface area contributed by atoms with Gasteiger partial charge in [-0.25, -0.2) is 4.98 Å². The Morgan fingerprint density at radius 3 is 2.27 bits per heavy atom. The van der Waals surface area contributed by atoms with Crippen LogP contribution in [0, 0.1) is 6.92 Å². The van der Waals surface area contributed by atoms with Crippen molar-refractivity contribution in [3.63, 3.8) is 0 Å². The van der Waals surface area contributed by atoms with Crippen molar-refractivity contribution in [1.82, 2.24) is 4.98 Å². The zero-order valence-corrected chi connectivity index (χ0v) is 9.29. The zero-order chi connectivity index (χ0) is 9.97. The van der Waals surface area contributed by atoms with Crippen LogP contribution < -0.4 is 5.73 Å². The van der Waals surface area contributed by atoms with E-state index < -0.39 is 0 Å². The van der Waals surface area contributed by atoms with E-state index in [2.05, 4.69) is 36.2 Å². The maximum atomic E-state index is 5.61. The summed E-state index contributed by atoms with van der Waals surface area (Å²) in [4.78, 5) is 4.25. The van der Waals surface area contributed by atoms with Gasteiger partial charge in [-0.15, -0.1) is 12.4 Å². The van der Waals surface area contributed by atoms with E-state index >= 15 is 0 Å². The quantitative estimate of drug-likeness (QED) is 0.802. The first-order valence-electron chi connectivity index (χ1n) is 4.55. The first kappa shape index (κ1) is 11.5. The zero-order valence-electron chi connectivity index (χ0n) is 8.47. The van der Waals surface area contributed by atoms with Crippen molar-refractivity contribution in [3.05, 3.63) is 48.0 Å². The van der Waals surface area contributed by atoms with Crippen molar-refractivity contribution in [2.24, 2.45) is 0 Å². The Balaban J connectivity index is 0.00000112. The van der Waals surface area contributed by atoms with E-state index in [1.165, 1.54) is 5.56 Å². The molecule has 0 radical (unpaired) electrons. The summed E-state index contributed by atoms with van der Waals surface area (Å²) >= 11 is 0. The second-order valence-corrected chi connectivity index (χ2v) is 3.31. The van der Waals surface area contributed by atoms with Crippen LogP contribution in [0.15, 0.2) is 42.5 Å². The van der Waals surface area contributed by atoms with Gasteiger partial charge in [-0.3, -0.25) is 0 Å². The van der Waals surface area contributed by atoms with Crippen LogP contribution in [0.5, 0.6) is 0 Å². The van der Waals surface area contributed by atoms with Crippen LogP contribution in [0.2, 0.25) is 0 Å². The molecule has 0 saturated heterocycles. The second kappa shape index (κ2) is 4.80. The van der Waals surface area contributed by atoms with Crippen molar-refractivity contribution in [1.29, 1.82) is 0 Å². The molecule has 0 aliphatic carbocycles. The fourth-order valence-corrected chi connectivity index (χ4v) is 1.34. The summed E-state index contributed by atoms with van der Waals surface area (Å²) in [7, 11) is 0. The first-order valence-corrected chi connectivity index (χ1v) is 4.55. The molecule has 2 aromatic rings. The number of benzene rings is 1. The van der Waals surface area contributed by atoms with Gasteiger partial charge in [-0.05, 0) is 19.1 Å². The lowest BCUT2D eigenvalue weighted by Crippen LogP contribution is -1.91. The predicted molar refractivity (Wildman–Crippen MR) is 66.1 cm³/mol. The van der Waals surface area contributed by atoms with Crippen LogP contribution in [0.25, 0.3) is 11.3 Å². The maximum absolute atomic E-state index is 5.61. The highest BCUT2D eigenvalue weighted by molar-refractivity contribution is 5.85. The molecule has 0 spiro atoms. The Morgan fingerprint density at radius 1 is 1.00 bits per heavy atom. The third-order valence-electron chi connectivity index (χ3n) is 2.12. The Hall–Kier alpha value is -1.54. The van der Waals surface area contributed by atoms with Gasteiger partial charge in [-0.1, -0.05) is 35.9 Å². The molecule has 1 aromatic heterocycles. The number of pyridine rings is 1. The Morgan fingerprint density at radius 2 is 1.67 bits per heavy atom. The van der Waals surface area contributed by atoms with Gasteiger partial charge in [0.05, 0.1) is 5.69 Å². The minimum atomic E-state index is 0. The average Bonchev–Trinajstić information content (AvgIpc) is 2.19. The van der Waals surface area contributed by atoms with E-state index in [0.29, 0.717) is 5.82 Å². The fraction of sp³-hybridized carbons (Fsp3) is 0.0833. The molecule has 0 fully saturated rings. The summed E-state index contributed by atoms with van der Waals surface area (Å²) in [6.45, 7) is 2.07. The van der Waals surface area contributed by atoms with Gasteiger partial charge in [0.1, 0.15) is 5.82 Å². The summed E-state index contributed by atoms with van der Waals surface area (Å²) in [6.07, 6.45) is 0. The van der Waals surface area contributed by atoms with Crippen LogP contribution in [0.1, 0.15) is 5.56 Å². The largest absolute Gasteiger partial charge is 0.384 e. The lowest BCUT2D eigenvalue weighted by molar-refractivity contribution is 1.33. The topological polar surface area (TPSA) is 38.9 Å². The highest BCUT2D eigenvalue weighted by Crippen LogP contribution is 2.17. The lowest BCUT2D eigenvalue weighted by atomic mass is 10.1. The van der Waals surface area contributed by atoms with Crippen molar-refractivity contribution in [2.75, 3.05) is 5.73 Å². The van der Waals surface area contributed by atoms with E-state index in [4.69, 9.17) is 5.73 Å². The summed E-state index contributed by atoms with van der Waals surface area (Å²) < 4.78 is 0. The molecule has 2 rings (SSSR count). The number of aromatic nitrogens is 1. The van der Waals surface area contributed by atoms with Gasteiger partial charge in [0, 0.05) is 5.56 Å². The standard InChI is InChI=1S/C12H12N2.ClH/c1-9-5-7-10(8-6-9)11-3-2-4-12(13)14-11;/h2-8H,1H3,(H2,13,14);1H. The molecule has 1 heterocycles. The van der Waals surface area contributed by atoms with Crippen LogP contribution in [-0.2, 0) is 0 Å². The summed E-state index contributed by atoms with van der Waals surface area (Å²) in [5, 5.41) is 0. The number of nitrogens with two attached hydrogens (primary N) is 1. The third-order valence-corrected chi connectivity index (χ3v) is 2.12. The monoisotopic (exact) mass is 220 g/mol. The third kappa shape index (κ3) is 2.70. The Labute approximate surface area is 95.6 Å². The molecule has 2 N–H and O–H groups in total. The molecule has 0 saturated carbocycles. The number of anilines is 1. The SMILES string of the molecule is Cc1ccc(-c2cccc(N)n2)cc1.Cl. The normalized spacial score (nSPS) is 9.40. The summed E-state index contributed by atoms with van der Waals surface area (Å²) in [5.74, 6) is 0.558. The number of nitrogens with zero attached hydrogens (tertiary/aromatic N) is 1. The van der Waals surface area contributed by atoms with Crippen molar-refractivity contribution >= 4 is 18.2 Å². The van der Waals surface area contributed by atoms with Crippen molar-refractivity contribution in [3.8, 4) is 11.3 Å². The van der Waals surface area contributed by atoms with Crippen LogP contribution in [0.4, 0.5) is 5.82 Å². The van der Waals surface area contributed by atoms with Crippen LogP contribution in [-0.4, -0.2) is 4.98 Å². The highest BCUT2D eigenvalue weighted by atomic mass is 35.5. The average molecular weight is 221 g/mol. The second-order valence-electron chi connectivity index (χ2n) is 3.31. The van der Waals surface area contributed by atoms with Gasteiger partial charge in [0.15, 0.2) is 0 Å². The van der Waals surface area contributed by atoms with Gasteiger partial charge < -0.3 is 5.73 Å². The number of hydrogen-bond donors (Lipinski definition) is 1. The molecule has 0 amide bonds. The molecular formula is C12H13ClN2. The molecule has 3 heteroatoms. The van der Waals surface area contributed by atoms with Crippen molar-refractivity contribution in [2.45, 2.75) is 6.92 Å². The maximum Gasteiger partial charge on any atom is 0.124 e. The minimum absolute atomic E-state index is 0. The molecule has 1 aromatic carbocycles. The van der Waals surface area contributed by atoms with Gasteiger partial charge in [0.25, 0.3) is 0 Å².